The van der Waals surface area contributed by atoms with Gasteiger partial charge in [0, 0.05) is 37.9 Å². The van der Waals surface area contributed by atoms with Crippen molar-refractivity contribution in [1.29, 1.82) is 0 Å². The number of methoxy groups -OCH3 is 1. The summed E-state index contributed by atoms with van der Waals surface area (Å²) in [6.45, 7) is 3.32. The second kappa shape index (κ2) is 6.31. The van der Waals surface area contributed by atoms with Crippen molar-refractivity contribution < 1.29 is 9.53 Å². The molecule has 23 heavy (non-hydrogen) atoms. The molecule has 3 heterocycles. The second-order valence-corrected chi connectivity index (χ2v) is 5.82. The fraction of sp³-hybridized carbons (Fsp3) is 0.533. The summed E-state index contributed by atoms with van der Waals surface area (Å²) in [7, 11) is 3.37. The molecule has 2 aromatic rings. The Morgan fingerprint density at radius 3 is 3.04 bits per heavy atom. The standard InChI is InChI=1S/C15H22N6O2/c1-10-13(14(23-3)19-20(10)2)17-15(22)21-8-4-5-11(9-21)12-6-7-16-18-12/h6-7,11H,4-5,8-9H2,1-3H3,(H,16,18)(H,17,22)/t11-/m1/s1. The van der Waals surface area contributed by atoms with Crippen molar-refractivity contribution in [2.24, 2.45) is 7.05 Å². The highest BCUT2D eigenvalue weighted by molar-refractivity contribution is 5.91. The van der Waals surface area contributed by atoms with Crippen LogP contribution in [0.5, 0.6) is 5.88 Å². The molecule has 0 radical (unpaired) electrons. The molecule has 2 N–H and O–H groups in total. The number of H-pyrrole nitrogens is 1. The van der Waals surface area contributed by atoms with E-state index < -0.39 is 0 Å². The van der Waals surface area contributed by atoms with E-state index in [0.717, 1.165) is 30.8 Å². The monoisotopic (exact) mass is 318 g/mol. The SMILES string of the molecule is COc1nn(C)c(C)c1NC(=O)N1CCC[C@@H](c2ccn[nH]2)C1. The number of hydrogen-bond donors (Lipinski definition) is 2. The molecule has 1 aliphatic rings. The molecule has 0 bridgehead atoms. The van der Waals surface area contributed by atoms with Gasteiger partial charge in [-0.2, -0.15) is 5.10 Å². The van der Waals surface area contributed by atoms with Gasteiger partial charge in [-0.05, 0) is 25.8 Å². The number of rotatable bonds is 3. The molecule has 1 saturated heterocycles. The molecule has 0 unspecified atom stereocenters. The van der Waals surface area contributed by atoms with Crippen LogP contribution in [-0.2, 0) is 7.05 Å². The van der Waals surface area contributed by atoms with Crippen molar-refractivity contribution >= 4 is 11.7 Å². The van der Waals surface area contributed by atoms with Crippen LogP contribution in [0.25, 0.3) is 0 Å². The summed E-state index contributed by atoms with van der Waals surface area (Å²) in [6, 6.07) is 1.85. The van der Waals surface area contributed by atoms with Gasteiger partial charge in [0.05, 0.1) is 12.8 Å². The molecule has 1 fully saturated rings. The third kappa shape index (κ3) is 3.01. The quantitative estimate of drug-likeness (QED) is 0.904. The summed E-state index contributed by atoms with van der Waals surface area (Å²) in [5.74, 6) is 0.731. The van der Waals surface area contributed by atoms with Crippen LogP contribution in [0.1, 0.15) is 30.1 Å². The summed E-state index contributed by atoms with van der Waals surface area (Å²) in [5.41, 5.74) is 2.57. The van der Waals surface area contributed by atoms with Gasteiger partial charge in [-0.15, -0.1) is 5.10 Å². The average Bonchev–Trinajstić information content (AvgIpc) is 3.19. The maximum atomic E-state index is 12.6. The zero-order valence-corrected chi connectivity index (χ0v) is 13.7. The molecule has 0 spiro atoms. The van der Waals surface area contributed by atoms with Gasteiger partial charge < -0.3 is 15.0 Å². The van der Waals surface area contributed by atoms with Crippen LogP contribution < -0.4 is 10.1 Å². The zero-order valence-electron chi connectivity index (χ0n) is 13.7. The number of piperidine rings is 1. The van der Waals surface area contributed by atoms with Crippen molar-refractivity contribution in [2.45, 2.75) is 25.7 Å². The van der Waals surface area contributed by atoms with Gasteiger partial charge in [-0.1, -0.05) is 0 Å². The normalized spacial score (nSPS) is 18.0. The number of nitrogens with zero attached hydrogens (tertiary/aromatic N) is 4. The highest BCUT2D eigenvalue weighted by atomic mass is 16.5. The fourth-order valence-electron chi connectivity index (χ4n) is 2.96. The zero-order chi connectivity index (χ0) is 16.4. The van der Waals surface area contributed by atoms with Gasteiger partial charge in [0.2, 0.25) is 0 Å². The van der Waals surface area contributed by atoms with E-state index in [1.807, 2.05) is 24.9 Å². The van der Waals surface area contributed by atoms with Crippen LogP contribution in [0.3, 0.4) is 0 Å². The third-order valence-electron chi connectivity index (χ3n) is 4.40. The van der Waals surface area contributed by atoms with Crippen LogP contribution in [0.15, 0.2) is 12.3 Å². The van der Waals surface area contributed by atoms with Crippen molar-refractivity contribution in [2.75, 3.05) is 25.5 Å². The molecule has 8 nitrogen and oxygen atoms in total. The first-order chi connectivity index (χ1) is 11.1. The van der Waals surface area contributed by atoms with E-state index in [4.69, 9.17) is 4.74 Å². The summed E-state index contributed by atoms with van der Waals surface area (Å²) in [5, 5.41) is 14.2. The van der Waals surface area contributed by atoms with E-state index in [1.165, 1.54) is 0 Å². The van der Waals surface area contributed by atoms with E-state index in [2.05, 4.69) is 20.6 Å². The summed E-state index contributed by atoms with van der Waals surface area (Å²) in [4.78, 5) is 14.4. The van der Waals surface area contributed by atoms with Gasteiger partial charge in [-0.3, -0.25) is 9.78 Å². The van der Waals surface area contributed by atoms with Crippen molar-refractivity contribution in [3.8, 4) is 5.88 Å². The van der Waals surface area contributed by atoms with Crippen molar-refractivity contribution in [3.63, 3.8) is 0 Å². The van der Waals surface area contributed by atoms with Crippen LogP contribution in [0.4, 0.5) is 10.5 Å². The molecule has 1 aliphatic heterocycles. The third-order valence-corrected chi connectivity index (χ3v) is 4.40. The van der Waals surface area contributed by atoms with Gasteiger partial charge in [0.1, 0.15) is 5.69 Å². The highest BCUT2D eigenvalue weighted by Gasteiger charge is 2.27. The Morgan fingerprint density at radius 2 is 2.35 bits per heavy atom. The van der Waals surface area contributed by atoms with Crippen LogP contribution in [0, 0.1) is 6.92 Å². The Morgan fingerprint density at radius 1 is 1.52 bits per heavy atom. The molecule has 124 valence electrons. The highest BCUT2D eigenvalue weighted by Crippen LogP contribution is 2.29. The van der Waals surface area contributed by atoms with E-state index >= 15 is 0 Å². The first kappa shape index (κ1) is 15.4. The van der Waals surface area contributed by atoms with Crippen molar-refractivity contribution in [3.05, 3.63) is 23.7 Å². The van der Waals surface area contributed by atoms with E-state index in [-0.39, 0.29) is 6.03 Å². The van der Waals surface area contributed by atoms with Gasteiger partial charge in [0.15, 0.2) is 0 Å². The number of ether oxygens (including phenoxy) is 1. The molecule has 1 atom stereocenters. The minimum Gasteiger partial charge on any atom is -0.478 e. The number of aromatic amines is 1. The number of aromatic nitrogens is 4. The first-order valence-electron chi connectivity index (χ1n) is 7.73. The van der Waals surface area contributed by atoms with Crippen LogP contribution in [-0.4, -0.2) is 51.1 Å². The topological polar surface area (TPSA) is 88.1 Å². The fourth-order valence-corrected chi connectivity index (χ4v) is 2.96. The Balaban J connectivity index is 1.71. The number of anilines is 1. The molecule has 2 aromatic heterocycles. The number of aryl methyl sites for hydroxylation is 1. The maximum Gasteiger partial charge on any atom is 0.322 e. The lowest BCUT2D eigenvalue weighted by Crippen LogP contribution is -2.41. The summed E-state index contributed by atoms with van der Waals surface area (Å²) in [6.07, 6.45) is 3.78. The van der Waals surface area contributed by atoms with E-state index in [1.54, 1.807) is 18.0 Å². The maximum absolute atomic E-state index is 12.6. The second-order valence-electron chi connectivity index (χ2n) is 5.82. The summed E-state index contributed by atoms with van der Waals surface area (Å²) < 4.78 is 6.93. The molecule has 2 amide bonds. The largest absolute Gasteiger partial charge is 0.478 e. The number of amides is 2. The minimum atomic E-state index is -0.122. The smallest absolute Gasteiger partial charge is 0.322 e. The number of urea groups is 1. The van der Waals surface area contributed by atoms with E-state index in [9.17, 15) is 4.79 Å². The molecular weight excluding hydrogens is 296 g/mol. The number of carbonyl (C=O) groups excluding carboxylic acids is 1. The Kier molecular flexibility index (Phi) is 4.22. The molecule has 0 aromatic carbocycles. The number of likely N-dealkylation sites (tertiary alicyclic amines) is 1. The lowest BCUT2D eigenvalue weighted by Gasteiger charge is -2.32. The lowest BCUT2D eigenvalue weighted by molar-refractivity contribution is 0.192. The molecule has 0 saturated carbocycles. The Bertz CT molecular complexity index is 678. The molecule has 3 rings (SSSR count). The Hall–Kier alpha value is -2.51. The number of carbonyl (C=O) groups is 1. The lowest BCUT2D eigenvalue weighted by atomic mass is 9.95. The van der Waals surface area contributed by atoms with Gasteiger partial charge >= 0.3 is 6.03 Å². The first-order valence-corrected chi connectivity index (χ1v) is 7.73. The molecule has 0 aliphatic carbocycles. The van der Waals surface area contributed by atoms with Crippen LogP contribution in [0.2, 0.25) is 0 Å². The average molecular weight is 318 g/mol. The van der Waals surface area contributed by atoms with Crippen LogP contribution >= 0.6 is 0 Å². The Labute approximate surface area is 134 Å². The van der Waals surface area contributed by atoms with Gasteiger partial charge in [0.25, 0.3) is 5.88 Å². The molecule has 8 heteroatoms. The minimum absolute atomic E-state index is 0.122. The molecular formula is C15H22N6O2. The predicted molar refractivity (Wildman–Crippen MR) is 85.7 cm³/mol. The van der Waals surface area contributed by atoms with Crippen molar-refractivity contribution in [1.82, 2.24) is 24.9 Å². The number of nitrogens with one attached hydrogen (secondary N) is 2. The predicted octanol–water partition coefficient (Wildman–Crippen LogP) is 1.87. The number of hydrogen-bond acceptors (Lipinski definition) is 4. The van der Waals surface area contributed by atoms with E-state index in [0.29, 0.717) is 24.0 Å². The van der Waals surface area contributed by atoms with Gasteiger partial charge in [-0.25, -0.2) is 4.79 Å². The summed E-state index contributed by atoms with van der Waals surface area (Å²) >= 11 is 0.